The minimum Gasteiger partial charge on any atom is -0.325 e. The Morgan fingerprint density at radius 1 is 1.75 bits per heavy atom. The lowest BCUT2D eigenvalue weighted by atomic mass is 10.3. The molecule has 1 heterocycles. The first-order chi connectivity index (χ1) is 5.65. The molecule has 0 fully saturated rings. The average Bonchev–Trinajstić information content (AvgIpc) is 2.03. The van der Waals surface area contributed by atoms with Crippen LogP contribution < -0.4 is 5.73 Å². The van der Waals surface area contributed by atoms with Crippen LogP contribution in [0.5, 0.6) is 0 Å². The molecule has 0 aliphatic heterocycles. The van der Waals surface area contributed by atoms with Crippen LogP contribution in [0.2, 0.25) is 0 Å². The van der Waals surface area contributed by atoms with Crippen LogP contribution in [0.3, 0.4) is 0 Å². The molecule has 6 heteroatoms. The van der Waals surface area contributed by atoms with Crippen LogP contribution in [0.15, 0.2) is 16.7 Å². The van der Waals surface area contributed by atoms with Gasteiger partial charge in [-0.05, 0) is 22.0 Å². The first-order valence-electron chi connectivity index (χ1n) is 3.14. The summed E-state index contributed by atoms with van der Waals surface area (Å²) >= 11 is 3.05. The zero-order valence-electron chi connectivity index (χ0n) is 6.03. The van der Waals surface area contributed by atoms with Crippen LogP contribution >= 0.6 is 15.9 Å². The van der Waals surface area contributed by atoms with Crippen LogP contribution in [0.1, 0.15) is 5.69 Å². The summed E-state index contributed by atoms with van der Waals surface area (Å²) in [5.74, 6) is 0. The van der Waals surface area contributed by atoms with E-state index in [2.05, 4.69) is 20.9 Å². The van der Waals surface area contributed by atoms with Crippen molar-refractivity contribution in [3.05, 3.63) is 32.5 Å². The number of pyridine rings is 1. The van der Waals surface area contributed by atoms with E-state index in [4.69, 9.17) is 5.73 Å². The molecule has 2 N–H and O–H groups in total. The lowest BCUT2D eigenvalue weighted by Gasteiger charge is -1.97. The van der Waals surface area contributed by atoms with E-state index in [0.717, 1.165) is 0 Å². The van der Waals surface area contributed by atoms with Gasteiger partial charge in [-0.15, -0.1) is 0 Å². The molecule has 1 rings (SSSR count). The van der Waals surface area contributed by atoms with Crippen molar-refractivity contribution in [2.24, 2.45) is 5.73 Å². The van der Waals surface area contributed by atoms with E-state index >= 15 is 0 Å². The second-order valence-electron chi connectivity index (χ2n) is 2.09. The number of nitrogens with zero attached hydrogens (tertiary/aromatic N) is 2. The summed E-state index contributed by atoms with van der Waals surface area (Å²) in [6, 6.07) is 1.54. The zero-order valence-corrected chi connectivity index (χ0v) is 7.61. The van der Waals surface area contributed by atoms with Gasteiger partial charge in [0, 0.05) is 6.54 Å². The fourth-order valence-electron chi connectivity index (χ4n) is 0.709. The van der Waals surface area contributed by atoms with Crippen LogP contribution in [0.25, 0.3) is 0 Å². The quantitative estimate of drug-likeness (QED) is 0.613. The molecule has 0 saturated heterocycles. The summed E-state index contributed by atoms with van der Waals surface area (Å²) < 4.78 is 0.406. The summed E-state index contributed by atoms with van der Waals surface area (Å²) in [4.78, 5) is 13.6. The Balaban J connectivity index is 3.12. The highest BCUT2D eigenvalue weighted by atomic mass is 79.9. The van der Waals surface area contributed by atoms with E-state index in [9.17, 15) is 10.1 Å². The molecule has 0 saturated carbocycles. The molecule has 12 heavy (non-hydrogen) atoms. The van der Waals surface area contributed by atoms with Gasteiger partial charge in [-0.3, -0.25) is 15.1 Å². The summed E-state index contributed by atoms with van der Waals surface area (Å²) in [6.45, 7) is 0.274. The van der Waals surface area contributed by atoms with Gasteiger partial charge in [0.25, 0.3) is 0 Å². The molecule has 1 aromatic rings. The van der Waals surface area contributed by atoms with Crippen molar-refractivity contribution in [2.45, 2.75) is 6.54 Å². The van der Waals surface area contributed by atoms with Gasteiger partial charge in [-0.25, -0.2) is 0 Å². The van der Waals surface area contributed by atoms with Gasteiger partial charge in [0.05, 0.1) is 15.1 Å². The molecule has 0 amide bonds. The Hall–Kier alpha value is -1.01. The second-order valence-corrected chi connectivity index (χ2v) is 2.94. The number of aromatic nitrogens is 1. The number of nitrogens with two attached hydrogens (primary N) is 1. The minimum atomic E-state index is -0.503. The first-order valence-corrected chi connectivity index (χ1v) is 3.93. The highest BCUT2D eigenvalue weighted by Crippen LogP contribution is 2.23. The third-order valence-corrected chi connectivity index (χ3v) is 1.93. The van der Waals surface area contributed by atoms with E-state index in [1.54, 1.807) is 0 Å². The molecule has 0 spiro atoms. The van der Waals surface area contributed by atoms with Gasteiger partial charge < -0.3 is 5.73 Å². The summed E-state index contributed by atoms with van der Waals surface area (Å²) in [5, 5.41) is 10.3. The third-order valence-electron chi connectivity index (χ3n) is 1.30. The second kappa shape index (κ2) is 3.59. The van der Waals surface area contributed by atoms with E-state index in [-0.39, 0.29) is 12.2 Å². The lowest BCUT2D eigenvalue weighted by Crippen LogP contribution is -2.00. The molecule has 0 atom stereocenters. The van der Waals surface area contributed by atoms with E-state index in [1.807, 2.05) is 0 Å². The molecule has 0 radical (unpaired) electrons. The molecule has 0 bridgehead atoms. The van der Waals surface area contributed by atoms with Crippen molar-refractivity contribution in [3.63, 3.8) is 0 Å². The van der Waals surface area contributed by atoms with Crippen molar-refractivity contribution in [1.29, 1.82) is 0 Å². The van der Waals surface area contributed by atoms with Gasteiger partial charge in [-0.2, -0.15) is 0 Å². The van der Waals surface area contributed by atoms with Crippen molar-refractivity contribution in [3.8, 4) is 0 Å². The molecule has 0 aromatic carbocycles. The molecule has 0 aliphatic rings. The van der Waals surface area contributed by atoms with Crippen molar-refractivity contribution < 1.29 is 4.92 Å². The summed E-state index contributed by atoms with van der Waals surface area (Å²) in [5.41, 5.74) is 5.86. The SMILES string of the molecule is NCc1cc(Br)c([N+](=O)[O-])cn1. The Labute approximate surface area is 76.9 Å². The minimum absolute atomic E-state index is 0.0489. The monoisotopic (exact) mass is 231 g/mol. The summed E-state index contributed by atoms with van der Waals surface area (Å²) in [7, 11) is 0. The molecule has 0 aliphatic carbocycles. The highest BCUT2D eigenvalue weighted by Gasteiger charge is 2.11. The van der Waals surface area contributed by atoms with E-state index < -0.39 is 4.92 Å². The van der Waals surface area contributed by atoms with Gasteiger partial charge in [0.1, 0.15) is 6.20 Å². The molecule has 5 nitrogen and oxygen atoms in total. The van der Waals surface area contributed by atoms with E-state index in [1.165, 1.54) is 12.3 Å². The maximum absolute atomic E-state index is 10.3. The van der Waals surface area contributed by atoms with E-state index in [0.29, 0.717) is 10.2 Å². The number of nitro groups is 1. The fraction of sp³-hybridized carbons (Fsp3) is 0.167. The number of rotatable bonds is 2. The predicted molar refractivity (Wildman–Crippen MR) is 46.5 cm³/mol. The average molecular weight is 232 g/mol. The Morgan fingerprint density at radius 2 is 2.42 bits per heavy atom. The Bertz CT molecular complexity index is 316. The Morgan fingerprint density at radius 3 is 2.83 bits per heavy atom. The van der Waals surface area contributed by atoms with Crippen LogP contribution in [0, 0.1) is 10.1 Å². The third kappa shape index (κ3) is 1.77. The van der Waals surface area contributed by atoms with Gasteiger partial charge >= 0.3 is 5.69 Å². The normalized spacial score (nSPS) is 9.83. The van der Waals surface area contributed by atoms with Crippen LogP contribution in [0.4, 0.5) is 5.69 Å². The largest absolute Gasteiger partial charge is 0.325 e. The maximum atomic E-state index is 10.3. The van der Waals surface area contributed by atoms with Crippen LogP contribution in [-0.4, -0.2) is 9.91 Å². The smallest absolute Gasteiger partial charge is 0.301 e. The number of hydrogen-bond donors (Lipinski definition) is 1. The lowest BCUT2D eigenvalue weighted by molar-refractivity contribution is -0.386. The first kappa shape index (κ1) is 9.08. The zero-order chi connectivity index (χ0) is 9.14. The topological polar surface area (TPSA) is 82.0 Å². The Kier molecular flexibility index (Phi) is 2.72. The van der Waals surface area contributed by atoms with Gasteiger partial charge in [-0.1, -0.05) is 0 Å². The maximum Gasteiger partial charge on any atom is 0.301 e. The van der Waals surface area contributed by atoms with Crippen molar-refractivity contribution in [2.75, 3.05) is 0 Å². The standard InChI is InChI=1S/C6H6BrN3O2/c7-5-1-4(2-8)9-3-6(5)10(11)12/h1,3H,2,8H2. The summed E-state index contributed by atoms with van der Waals surface area (Å²) in [6.07, 6.45) is 1.19. The van der Waals surface area contributed by atoms with Crippen molar-refractivity contribution in [1.82, 2.24) is 4.98 Å². The molecular formula is C6H6BrN3O2. The fourth-order valence-corrected chi connectivity index (χ4v) is 1.22. The number of hydrogen-bond acceptors (Lipinski definition) is 4. The van der Waals surface area contributed by atoms with Gasteiger partial charge in [0.15, 0.2) is 0 Å². The van der Waals surface area contributed by atoms with Crippen molar-refractivity contribution >= 4 is 21.6 Å². The molecule has 1 aromatic heterocycles. The van der Waals surface area contributed by atoms with Gasteiger partial charge in [0.2, 0.25) is 0 Å². The number of halogens is 1. The molecular weight excluding hydrogens is 226 g/mol. The van der Waals surface area contributed by atoms with Crippen LogP contribution in [-0.2, 0) is 6.54 Å². The molecule has 0 unspecified atom stereocenters. The highest BCUT2D eigenvalue weighted by molar-refractivity contribution is 9.10. The predicted octanol–water partition coefficient (Wildman–Crippen LogP) is 1.21. The molecule has 64 valence electrons.